The number of carbonyl (C=O) groups excluding carboxylic acids is 1. The van der Waals surface area contributed by atoms with Gasteiger partial charge in [-0.2, -0.15) is 0 Å². The first-order valence-corrected chi connectivity index (χ1v) is 8.09. The Morgan fingerprint density at radius 2 is 2.05 bits per heavy atom. The van der Waals surface area contributed by atoms with Gasteiger partial charge in [-0.1, -0.05) is 13.3 Å². The molecule has 2 bridgehead atoms. The van der Waals surface area contributed by atoms with E-state index in [0.29, 0.717) is 18.4 Å². The van der Waals surface area contributed by atoms with Crippen molar-refractivity contribution in [3.8, 4) is 0 Å². The van der Waals surface area contributed by atoms with Crippen LogP contribution in [-0.2, 0) is 4.79 Å². The maximum atomic E-state index is 12.0. The predicted molar refractivity (Wildman–Crippen MR) is 78.6 cm³/mol. The molecule has 0 heterocycles. The van der Waals surface area contributed by atoms with Crippen molar-refractivity contribution in [2.24, 2.45) is 29.4 Å². The molecule has 2 fully saturated rings. The minimum atomic E-state index is 0.235. The Labute approximate surface area is 117 Å². The van der Waals surface area contributed by atoms with E-state index < -0.39 is 0 Å². The molecule has 2 rings (SSSR count). The lowest BCUT2D eigenvalue weighted by Crippen LogP contribution is -2.40. The Hall–Kier alpha value is -0.570. The summed E-state index contributed by atoms with van der Waals surface area (Å²) < 4.78 is 0. The molecule has 1 amide bonds. The van der Waals surface area contributed by atoms with Crippen molar-refractivity contribution in [3.63, 3.8) is 0 Å². The number of rotatable bonds is 7. The van der Waals surface area contributed by atoms with E-state index in [-0.39, 0.29) is 5.91 Å². The van der Waals surface area contributed by atoms with E-state index in [0.717, 1.165) is 37.1 Å². The number of hydrogen-bond acceptors (Lipinski definition) is 2. The molecule has 2 saturated carbocycles. The number of carbonyl (C=O) groups is 1. The van der Waals surface area contributed by atoms with Crippen molar-refractivity contribution in [2.45, 2.75) is 64.8 Å². The summed E-state index contributed by atoms with van der Waals surface area (Å²) in [5, 5.41) is 3.23. The van der Waals surface area contributed by atoms with Crippen molar-refractivity contribution in [1.82, 2.24) is 5.32 Å². The van der Waals surface area contributed by atoms with Gasteiger partial charge in [0.15, 0.2) is 0 Å². The van der Waals surface area contributed by atoms with Crippen LogP contribution in [0.25, 0.3) is 0 Å². The molecule has 5 atom stereocenters. The minimum Gasteiger partial charge on any atom is -0.353 e. The van der Waals surface area contributed by atoms with Gasteiger partial charge in [-0.3, -0.25) is 4.79 Å². The fraction of sp³-hybridized carbons (Fsp3) is 0.938. The van der Waals surface area contributed by atoms with Crippen LogP contribution in [0, 0.1) is 23.7 Å². The lowest BCUT2D eigenvalue weighted by molar-refractivity contribution is -0.122. The summed E-state index contributed by atoms with van der Waals surface area (Å²) in [6, 6.07) is 0.368. The van der Waals surface area contributed by atoms with E-state index in [1.54, 1.807) is 0 Å². The third kappa shape index (κ3) is 3.95. The number of hydrogen-bond donors (Lipinski definition) is 2. The lowest BCUT2D eigenvalue weighted by Gasteiger charge is -2.28. The normalized spacial score (nSPS) is 32.3. The zero-order chi connectivity index (χ0) is 13.8. The molecule has 19 heavy (non-hydrogen) atoms. The molecule has 5 unspecified atom stereocenters. The zero-order valence-corrected chi connectivity index (χ0v) is 12.5. The van der Waals surface area contributed by atoms with Crippen LogP contribution < -0.4 is 11.1 Å². The fourth-order valence-electron chi connectivity index (χ4n) is 4.15. The van der Waals surface area contributed by atoms with Gasteiger partial charge in [0.05, 0.1) is 0 Å². The largest absolute Gasteiger partial charge is 0.353 e. The molecule has 0 aromatic carbocycles. The minimum absolute atomic E-state index is 0.235. The molecule has 3 heteroatoms. The summed E-state index contributed by atoms with van der Waals surface area (Å²) in [6.45, 7) is 5.11. The fourth-order valence-corrected chi connectivity index (χ4v) is 4.15. The van der Waals surface area contributed by atoms with Crippen LogP contribution in [0.2, 0.25) is 0 Å². The molecule has 0 radical (unpaired) electrons. The summed E-state index contributed by atoms with van der Waals surface area (Å²) in [5.41, 5.74) is 5.53. The van der Waals surface area contributed by atoms with Gasteiger partial charge in [-0.25, -0.2) is 0 Å². The Morgan fingerprint density at radius 3 is 2.63 bits per heavy atom. The highest BCUT2D eigenvalue weighted by Gasteiger charge is 2.41. The molecule has 110 valence electrons. The molecule has 2 aliphatic rings. The first-order chi connectivity index (χ1) is 9.10. The van der Waals surface area contributed by atoms with Gasteiger partial charge in [-0.05, 0) is 69.2 Å². The van der Waals surface area contributed by atoms with Gasteiger partial charge >= 0.3 is 0 Å². The van der Waals surface area contributed by atoms with Crippen molar-refractivity contribution in [1.29, 1.82) is 0 Å². The van der Waals surface area contributed by atoms with Gasteiger partial charge in [-0.15, -0.1) is 0 Å². The average molecular weight is 266 g/mol. The Morgan fingerprint density at radius 1 is 1.26 bits per heavy atom. The van der Waals surface area contributed by atoms with Crippen molar-refractivity contribution >= 4 is 5.91 Å². The predicted octanol–water partition coefficient (Wildman–Crippen LogP) is 2.69. The standard InChI is InChI=1S/C16H30N2O/c1-11(7-8-17)3-6-16(19)18-12(2)15-10-13-4-5-14(15)9-13/h11-15H,3-10,17H2,1-2H3,(H,18,19). The van der Waals surface area contributed by atoms with Crippen LogP contribution >= 0.6 is 0 Å². The SMILES string of the molecule is CC(CCN)CCC(=O)NC(C)C1CC2CCC1C2. The van der Waals surface area contributed by atoms with Crippen LogP contribution in [0.4, 0.5) is 0 Å². The molecule has 0 saturated heterocycles. The highest BCUT2D eigenvalue weighted by molar-refractivity contribution is 5.76. The molecule has 2 aliphatic carbocycles. The van der Waals surface area contributed by atoms with Crippen molar-refractivity contribution < 1.29 is 4.79 Å². The third-order valence-corrected chi connectivity index (χ3v) is 5.35. The summed E-state index contributed by atoms with van der Waals surface area (Å²) in [5.74, 6) is 3.38. The first-order valence-electron chi connectivity index (χ1n) is 8.09. The van der Waals surface area contributed by atoms with Gasteiger partial charge in [0.25, 0.3) is 0 Å². The van der Waals surface area contributed by atoms with Crippen LogP contribution in [-0.4, -0.2) is 18.5 Å². The first kappa shape index (κ1) is 14.8. The van der Waals surface area contributed by atoms with Gasteiger partial charge in [0.1, 0.15) is 0 Å². The smallest absolute Gasteiger partial charge is 0.220 e. The highest BCUT2D eigenvalue weighted by Crippen LogP contribution is 2.49. The number of amides is 1. The molecule has 0 aliphatic heterocycles. The third-order valence-electron chi connectivity index (χ3n) is 5.35. The molecule has 0 aromatic heterocycles. The molecule has 0 aromatic rings. The summed E-state index contributed by atoms with van der Waals surface area (Å²) in [7, 11) is 0. The van der Waals surface area contributed by atoms with E-state index >= 15 is 0 Å². The highest BCUT2D eigenvalue weighted by atomic mass is 16.1. The monoisotopic (exact) mass is 266 g/mol. The maximum Gasteiger partial charge on any atom is 0.220 e. The molecular weight excluding hydrogens is 236 g/mol. The van der Waals surface area contributed by atoms with Crippen molar-refractivity contribution in [2.75, 3.05) is 6.54 Å². The van der Waals surface area contributed by atoms with E-state index in [9.17, 15) is 4.79 Å². The van der Waals surface area contributed by atoms with Crippen LogP contribution in [0.3, 0.4) is 0 Å². The second-order valence-corrected chi connectivity index (χ2v) is 6.92. The Bertz CT molecular complexity index is 305. The van der Waals surface area contributed by atoms with E-state index in [1.165, 1.54) is 25.7 Å². The van der Waals surface area contributed by atoms with Gasteiger partial charge < -0.3 is 11.1 Å². The van der Waals surface area contributed by atoms with Crippen LogP contribution in [0.15, 0.2) is 0 Å². The van der Waals surface area contributed by atoms with Gasteiger partial charge in [0.2, 0.25) is 5.91 Å². The second kappa shape index (κ2) is 6.74. The van der Waals surface area contributed by atoms with E-state index in [4.69, 9.17) is 5.73 Å². The lowest BCUT2D eigenvalue weighted by atomic mass is 9.84. The maximum absolute atomic E-state index is 12.0. The second-order valence-electron chi connectivity index (χ2n) is 6.92. The summed E-state index contributed by atoms with van der Waals surface area (Å²) in [6.07, 6.45) is 8.23. The number of fused-ring (bicyclic) bond motifs is 2. The molecule has 3 N–H and O–H groups in total. The van der Waals surface area contributed by atoms with Crippen LogP contribution in [0.1, 0.15) is 58.8 Å². The number of nitrogens with one attached hydrogen (secondary N) is 1. The Balaban J connectivity index is 1.67. The quantitative estimate of drug-likeness (QED) is 0.744. The zero-order valence-electron chi connectivity index (χ0n) is 12.5. The van der Waals surface area contributed by atoms with Crippen LogP contribution in [0.5, 0.6) is 0 Å². The van der Waals surface area contributed by atoms with Gasteiger partial charge in [0, 0.05) is 12.5 Å². The summed E-state index contributed by atoms with van der Waals surface area (Å²) >= 11 is 0. The van der Waals surface area contributed by atoms with Crippen molar-refractivity contribution in [3.05, 3.63) is 0 Å². The molecular formula is C16H30N2O. The number of nitrogens with two attached hydrogens (primary N) is 1. The average Bonchev–Trinajstić information content (AvgIpc) is 2.99. The van der Waals surface area contributed by atoms with E-state index in [2.05, 4.69) is 19.2 Å². The molecule has 0 spiro atoms. The summed E-state index contributed by atoms with van der Waals surface area (Å²) in [4.78, 5) is 12.0. The Kier molecular flexibility index (Phi) is 5.26. The molecule has 3 nitrogen and oxygen atoms in total. The van der Waals surface area contributed by atoms with E-state index in [1.807, 2.05) is 0 Å². The topological polar surface area (TPSA) is 55.1 Å².